The summed E-state index contributed by atoms with van der Waals surface area (Å²) < 4.78 is 14.1. The van der Waals surface area contributed by atoms with Crippen molar-refractivity contribution in [2.45, 2.75) is 48.4 Å². The van der Waals surface area contributed by atoms with Crippen LogP contribution in [0.15, 0.2) is 46.2 Å². The van der Waals surface area contributed by atoms with Crippen LogP contribution in [-0.2, 0) is 19.3 Å². The third-order valence-electron chi connectivity index (χ3n) is 3.90. The molecule has 2 aromatic carbocycles. The average molecular weight is 301 g/mol. The van der Waals surface area contributed by atoms with Gasteiger partial charge >= 0.3 is 0 Å². The minimum Gasteiger partial charge on any atom is -0.328 e. The summed E-state index contributed by atoms with van der Waals surface area (Å²) in [6.45, 7) is 1.91. The first kappa shape index (κ1) is 14.6. The van der Waals surface area contributed by atoms with Crippen molar-refractivity contribution in [1.82, 2.24) is 0 Å². The van der Waals surface area contributed by atoms with E-state index >= 15 is 0 Å². The summed E-state index contributed by atoms with van der Waals surface area (Å²) in [4.78, 5) is 2.16. The van der Waals surface area contributed by atoms with E-state index in [-0.39, 0.29) is 11.9 Å². The van der Waals surface area contributed by atoms with Crippen LogP contribution in [0, 0.1) is 5.82 Å². The van der Waals surface area contributed by atoms with Crippen molar-refractivity contribution >= 4 is 11.8 Å². The fraction of sp³-hybridized carbons (Fsp3) is 0.333. The predicted octanol–water partition coefficient (Wildman–Crippen LogP) is 4.36. The molecule has 3 heteroatoms. The Labute approximate surface area is 129 Å². The highest BCUT2D eigenvalue weighted by atomic mass is 32.2. The first-order valence-corrected chi connectivity index (χ1v) is 8.28. The van der Waals surface area contributed by atoms with Crippen LogP contribution >= 0.6 is 11.8 Å². The van der Waals surface area contributed by atoms with Crippen molar-refractivity contribution in [1.29, 1.82) is 0 Å². The lowest BCUT2D eigenvalue weighted by Gasteiger charge is -2.13. The summed E-state index contributed by atoms with van der Waals surface area (Å²) in [6, 6.07) is 11.9. The molecule has 0 amide bonds. The Bertz CT molecular complexity index is 652. The molecule has 0 saturated carbocycles. The Morgan fingerprint density at radius 1 is 1.19 bits per heavy atom. The van der Waals surface area contributed by atoms with Gasteiger partial charge in [0, 0.05) is 21.4 Å². The highest BCUT2D eigenvalue weighted by Gasteiger charge is 2.14. The van der Waals surface area contributed by atoms with Crippen LogP contribution in [0.4, 0.5) is 4.39 Å². The molecule has 2 aromatic rings. The molecule has 1 aliphatic rings. The SMILES string of the molecule is CC(N)Cc1c(F)cccc1Sc1ccc2c(c1)CCC2. The average Bonchev–Trinajstić information content (AvgIpc) is 2.90. The summed E-state index contributed by atoms with van der Waals surface area (Å²) in [5, 5.41) is 0. The van der Waals surface area contributed by atoms with Crippen molar-refractivity contribution in [2.24, 2.45) is 5.73 Å². The van der Waals surface area contributed by atoms with E-state index in [9.17, 15) is 4.39 Å². The maximum Gasteiger partial charge on any atom is 0.127 e. The number of aryl methyl sites for hydroxylation is 2. The van der Waals surface area contributed by atoms with Gasteiger partial charge in [0.05, 0.1) is 0 Å². The van der Waals surface area contributed by atoms with Crippen LogP contribution in [0.5, 0.6) is 0 Å². The van der Waals surface area contributed by atoms with Crippen LogP contribution < -0.4 is 5.73 Å². The molecule has 110 valence electrons. The second kappa shape index (κ2) is 6.20. The molecule has 1 atom stereocenters. The van der Waals surface area contributed by atoms with Gasteiger partial charge in [0.15, 0.2) is 0 Å². The predicted molar refractivity (Wildman–Crippen MR) is 86.3 cm³/mol. The van der Waals surface area contributed by atoms with Crippen LogP contribution in [0.25, 0.3) is 0 Å². The molecule has 0 spiro atoms. The summed E-state index contributed by atoms with van der Waals surface area (Å²) in [6.07, 6.45) is 4.18. The monoisotopic (exact) mass is 301 g/mol. The number of benzene rings is 2. The number of fused-ring (bicyclic) bond motifs is 1. The summed E-state index contributed by atoms with van der Waals surface area (Å²) in [5.41, 5.74) is 9.50. The van der Waals surface area contributed by atoms with E-state index in [4.69, 9.17) is 5.73 Å². The minimum atomic E-state index is -0.154. The van der Waals surface area contributed by atoms with Crippen LogP contribution in [0.3, 0.4) is 0 Å². The van der Waals surface area contributed by atoms with E-state index < -0.39 is 0 Å². The molecule has 0 fully saturated rings. The van der Waals surface area contributed by atoms with Crippen molar-refractivity contribution in [2.75, 3.05) is 0 Å². The Morgan fingerprint density at radius 2 is 2.00 bits per heavy atom. The topological polar surface area (TPSA) is 26.0 Å². The van der Waals surface area contributed by atoms with E-state index in [2.05, 4.69) is 18.2 Å². The largest absolute Gasteiger partial charge is 0.328 e. The van der Waals surface area contributed by atoms with E-state index in [0.717, 1.165) is 10.5 Å². The molecule has 0 bridgehead atoms. The molecular formula is C18H20FNS. The molecular weight excluding hydrogens is 281 g/mol. The second-order valence-electron chi connectivity index (χ2n) is 5.78. The quantitative estimate of drug-likeness (QED) is 0.908. The van der Waals surface area contributed by atoms with E-state index in [1.165, 1.54) is 41.4 Å². The number of nitrogens with two attached hydrogens (primary N) is 1. The highest BCUT2D eigenvalue weighted by molar-refractivity contribution is 7.99. The zero-order chi connectivity index (χ0) is 14.8. The highest BCUT2D eigenvalue weighted by Crippen LogP contribution is 2.35. The first-order valence-electron chi connectivity index (χ1n) is 7.46. The smallest absolute Gasteiger partial charge is 0.127 e. The molecule has 1 unspecified atom stereocenters. The Kier molecular flexibility index (Phi) is 4.32. The molecule has 3 rings (SSSR count). The fourth-order valence-corrected chi connectivity index (χ4v) is 3.94. The van der Waals surface area contributed by atoms with Gasteiger partial charge in [-0.15, -0.1) is 0 Å². The fourth-order valence-electron chi connectivity index (χ4n) is 2.89. The van der Waals surface area contributed by atoms with Crippen molar-refractivity contribution in [3.05, 3.63) is 58.9 Å². The van der Waals surface area contributed by atoms with Gasteiger partial charge in [0.25, 0.3) is 0 Å². The maximum atomic E-state index is 14.1. The van der Waals surface area contributed by atoms with Gasteiger partial charge in [-0.05, 0) is 68.0 Å². The normalized spacial score (nSPS) is 15.0. The molecule has 0 aromatic heterocycles. The number of hydrogen-bond acceptors (Lipinski definition) is 2. The lowest BCUT2D eigenvalue weighted by molar-refractivity contribution is 0.588. The lowest BCUT2D eigenvalue weighted by atomic mass is 10.1. The van der Waals surface area contributed by atoms with Crippen molar-refractivity contribution in [3.63, 3.8) is 0 Å². The van der Waals surface area contributed by atoms with Crippen LogP contribution in [0.1, 0.15) is 30.0 Å². The van der Waals surface area contributed by atoms with Crippen LogP contribution in [-0.4, -0.2) is 6.04 Å². The van der Waals surface area contributed by atoms with Crippen molar-refractivity contribution < 1.29 is 4.39 Å². The van der Waals surface area contributed by atoms with Gasteiger partial charge < -0.3 is 5.73 Å². The molecule has 0 saturated heterocycles. The third-order valence-corrected chi connectivity index (χ3v) is 4.99. The van der Waals surface area contributed by atoms with Gasteiger partial charge in [-0.3, -0.25) is 0 Å². The van der Waals surface area contributed by atoms with Gasteiger partial charge in [-0.2, -0.15) is 0 Å². The van der Waals surface area contributed by atoms with Gasteiger partial charge in [0.2, 0.25) is 0 Å². The molecule has 0 radical (unpaired) electrons. The lowest BCUT2D eigenvalue weighted by Crippen LogP contribution is -2.19. The standard InChI is InChI=1S/C18H20FNS/c1-12(20)10-16-17(19)6-3-7-18(16)21-15-9-8-13-4-2-5-14(13)11-15/h3,6-9,11-12H,2,4-5,10,20H2,1H3. The molecule has 0 heterocycles. The van der Waals surface area contributed by atoms with Gasteiger partial charge in [0.1, 0.15) is 5.82 Å². The third kappa shape index (κ3) is 3.30. The molecule has 0 aliphatic heterocycles. The zero-order valence-corrected chi connectivity index (χ0v) is 13.0. The zero-order valence-electron chi connectivity index (χ0n) is 12.2. The van der Waals surface area contributed by atoms with Crippen molar-refractivity contribution in [3.8, 4) is 0 Å². The van der Waals surface area contributed by atoms with E-state index in [1.807, 2.05) is 13.0 Å². The Morgan fingerprint density at radius 3 is 2.81 bits per heavy atom. The number of rotatable bonds is 4. The Balaban J connectivity index is 1.89. The Hall–Kier alpha value is -1.32. The van der Waals surface area contributed by atoms with Gasteiger partial charge in [-0.1, -0.05) is 23.9 Å². The number of halogens is 1. The molecule has 1 aliphatic carbocycles. The molecule has 1 nitrogen and oxygen atoms in total. The second-order valence-corrected chi connectivity index (χ2v) is 6.90. The van der Waals surface area contributed by atoms with Crippen LogP contribution in [0.2, 0.25) is 0 Å². The molecule has 2 N–H and O–H groups in total. The van der Waals surface area contributed by atoms with E-state index in [1.54, 1.807) is 17.8 Å². The summed E-state index contributed by atoms with van der Waals surface area (Å²) in [5.74, 6) is -0.154. The van der Waals surface area contributed by atoms with Gasteiger partial charge in [-0.25, -0.2) is 4.39 Å². The maximum absolute atomic E-state index is 14.1. The molecule has 21 heavy (non-hydrogen) atoms. The number of hydrogen-bond donors (Lipinski definition) is 1. The minimum absolute atomic E-state index is 0.0405. The summed E-state index contributed by atoms with van der Waals surface area (Å²) in [7, 11) is 0. The first-order chi connectivity index (χ1) is 10.1. The summed E-state index contributed by atoms with van der Waals surface area (Å²) >= 11 is 1.64. The van der Waals surface area contributed by atoms with E-state index in [0.29, 0.717) is 6.42 Å².